The lowest BCUT2D eigenvalue weighted by Crippen LogP contribution is -2.14. The van der Waals surface area contributed by atoms with Crippen LogP contribution in [0.2, 0.25) is 0 Å². The Bertz CT molecular complexity index is 970. The van der Waals surface area contributed by atoms with E-state index in [2.05, 4.69) is 34.4 Å². The number of amides is 1. The van der Waals surface area contributed by atoms with Crippen molar-refractivity contribution in [1.82, 2.24) is 9.97 Å². The van der Waals surface area contributed by atoms with Gasteiger partial charge in [-0.3, -0.25) is 4.79 Å². The van der Waals surface area contributed by atoms with Crippen molar-refractivity contribution >= 4 is 23.1 Å². The van der Waals surface area contributed by atoms with Crippen molar-refractivity contribution in [3.05, 3.63) is 66.1 Å². The van der Waals surface area contributed by atoms with Crippen molar-refractivity contribution in [3.8, 4) is 11.5 Å². The van der Waals surface area contributed by atoms with Crippen molar-refractivity contribution in [2.24, 2.45) is 0 Å². The number of methoxy groups -OCH3 is 2. The van der Waals surface area contributed by atoms with Gasteiger partial charge in [-0.1, -0.05) is 26.0 Å². The first-order valence-corrected chi connectivity index (χ1v) is 9.22. The summed E-state index contributed by atoms with van der Waals surface area (Å²) >= 11 is 0. The minimum absolute atomic E-state index is 0.227. The zero-order chi connectivity index (χ0) is 20.8. The van der Waals surface area contributed by atoms with E-state index < -0.39 is 0 Å². The maximum Gasteiger partial charge on any atom is 0.275 e. The number of anilines is 3. The molecule has 0 fully saturated rings. The number of hydrogen-bond acceptors (Lipinski definition) is 6. The van der Waals surface area contributed by atoms with Gasteiger partial charge in [-0.2, -0.15) is 0 Å². The van der Waals surface area contributed by atoms with Crippen LogP contribution in [0.5, 0.6) is 11.5 Å². The molecule has 0 saturated heterocycles. The molecule has 7 nitrogen and oxygen atoms in total. The third kappa shape index (κ3) is 5.01. The summed E-state index contributed by atoms with van der Waals surface area (Å²) in [7, 11) is 3.17. The molecule has 0 aliphatic heterocycles. The highest BCUT2D eigenvalue weighted by Crippen LogP contribution is 2.30. The van der Waals surface area contributed by atoms with Crippen LogP contribution >= 0.6 is 0 Å². The van der Waals surface area contributed by atoms with Gasteiger partial charge in [-0.05, 0) is 35.7 Å². The van der Waals surface area contributed by atoms with Crippen LogP contribution in [0.15, 0.2) is 54.9 Å². The number of rotatable bonds is 7. The smallest absolute Gasteiger partial charge is 0.275 e. The molecular weight excluding hydrogens is 368 g/mol. The Morgan fingerprint density at radius 2 is 1.72 bits per heavy atom. The fourth-order valence-electron chi connectivity index (χ4n) is 2.70. The van der Waals surface area contributed by atoms with E-state index in [1.807, 2.05) is 36.4 Å². The van der Waals surface area contributed by atoms with E-state index in [-0.39, 0.29) is 11.6 Å². The molecule has 0 aliphatic carbocycles. The molecular formula is C22H24N4O3. The van der Waals surface area contributed by atoms with Crippen LogP contribution in [0, 0.1) is 0 Å². The Labute approximate surface area is 170 Å². The third-order valence-electron chi connectivity index (χ3n) is 4.39. The molecule has 1 amide bonds. The molecule has 2 N–H and O–H groups in total. The van der Waals surface area contributed by atoms with Crippen molar-refractivity contribution in [3.63, 3.8) is 0 Å². The first kappa shape index (κ1) is 20.1. The van der Waals surface area contributed by atoms with Gasteiger partial charge in [0.1, 0.15) is 23.0 Å². The average molecular weight is 392 g/mol. The van der Waals surface area contributed by atoms with Gasteiger partial charge in [0.15, 0.2) is 0 Å². The normalized spacial score (nSPS) is 10.5. The quantitative estimate of drug-likeness (QED) is 0.611. The van der Waals surface area contributed by atoms with Crippen LogP contribution in [0.3, 0.4) is 0 Å². The van der Waals surface area contributed by atoms with Crippen LogP contribution in [-0.4, -0.2) is 30.1 Å². The molecule has 0 saturated carbocycles. The summed E-state index contributed by atoms with van der Waals surface area (Å²) in [5.41, 5.74) is 2.87. The molecule has 1 heterocycles. The van der Waals surface area contributed by atoms with Gasteiger partial charge in [0.25, 0.3) is 5.91 Å². The second-order valence-electron chi connectivity index (χ2n) is 6.71. The number of hydrogen-bond donors (Lipinski definition) is 2. The molecule has 7 heteroatoms. The number of benzene rings is 2. The molecule has 29 heavy (non-hydrogen) atoms. The maximum absolute atomic E-state index is 12.4. The molecule has 3 aromatic rings. The van der Waals surface area contributed by atoms with Crippen LogP contribution in [-0.2, 0) is 0 Å². The second kappa shape index (κ2) is 9.05. The largest absolute Gasteiger partial charge is 0.497 e. The van der Waals surface area contributed by atoms with E-state index in [0.717, 1.165) is 0 Å². The molecule has 0 atom stereocenters. The van der Waals surface area contributed by atoms with Gasteiger partial charge in [0.2, 0.25) is 0 Å². The monoisotopic (exact) mass is 392 g/mol. The number of nitrogens with one attached hydrogen (secondary N) is 2. The molecule has 0 bridgehead atoms. The predicted octanol–water partition coefficient (Wildman–Crippen LogP) is 4.61. The molecule has 0 unspecified atom stereocenters. The van der Waals surface area contributed by atoms with E-state index >= 15 is 0 Å². The molecule has 3 rings (SSSR count). The molecule has 150 valence electrons. The minimum atomic E-state index is -0.316. The van der Waals surface area contributed by atoms with Crippen molar-refractivity contribution in [1.29, 1.82) is 0 Å². The van der Waals surface area contributed by atoms with Gasteiger partial charge >= 0.3 is 0 Å². The SMILES string of the molecule is COc1ccc(Nc2cnc(C(=O)Nc3ccc(C(C)C)cc3)cn2)c(OC)c1. The fraction of sp³-hybridized carbons (Fsp3) is 0.227. The summed E-state index contributed by atoms with van der Waals surface area (Å²) in [5, 5.41) is 5.95. The number of ether oxygens (including phenoxy) is 2. The number of nitrogens with zero attached hydrogens (tertiary/aromatic N) is 2. The third-order valence-corrected chi connectivity index (χ3v) is 4.39. The van der Waals surface area contributed by atoms with Gasteiger partial charge in [-0.15, -0.1) is 0 Å². The Morgan fingerprint density at radius 3 is 2.31 bits per heavy atom. The Morgan fingerprint density at radius 1 is 0.966 bits per heavy atom. The maximum atomic E-state index is 12.4. The fourth-order valence-corrected chi connectivity index (χ4v) is 2.70. The zero-order valence-corrected chi connectivity index (χ0v) is 16.9. The van der Waals surface area contributed by atoms with Crippen LogP contribution in [0.25, 0.3) is 0 Å². The van der Waals surface area contributed by atoms with Gasteiger partial charge < -0.3 is 20.1 Å². The molecule has 2 aromatic carbocycles. The van der Waals surface area contributed by atoms with Gasteiger partial charge in [0.05, 0.1) is 32.3 Å². The van der Waals surface area contributed by atoms with E-state index in [1.54, 1.807) is 20.3 Å². The lowest BCUT2D eigenvalue weighted by Gasteiger charge is -2.12. The Kier molecular flexibility index (Phi) is 6.29. The predicted molar refractivity (Wildman–Crippen MR) is 113 cm³/mol. The van der Waals surface area contributed by atoms with E-state index in [1.165, 1.54) is 18.0 Å². The van der Waals surface area contributed by atoms with E-state index in [0.29, 0.717) is 34.6 Å². The summed E-state index contributed by atoms with van der Waals surface area (Å²) < 4.78 is 10.5. The molecule has 0 aliphatic rings. The van der Waals surface area contributed by atoms with Gasteiger partial charge in [-0.25, -0.2) is 9.97 Å². The zero-order valence-electron chi connectivity index (χ0n) is 16.9. The first-order valence-electron chi connectivity index (χ1n) is 9.22. The topological polar surface area (TPSA) is 85.4 Å². The highest BCUT2D eigenvalue weighted by molar-refractivity contribution is 6.02. The van der Waals surface area contributed by atoms with E-state index in [4.69, 9.17) is 9.47 Å². The molecule has 1 aromatic heterocycles. The highest BCUT2D eigenvalue weighted by Gasteiger charge is 2.11. The summed E-state index contributed by atoms with van der Waals surface area (Å²) in [4.78, 5) is 20.9. The van der Waals surface area contributed by atoms with Crippen LogP contribution < -0.4 is 20.1 Å². The van der Waals surface area contributed by atoms with Crippen molar-refractivity contribution < 1.29 is 14.3 Å². The summed E-state index contributed by atoms with van der Waals surface area (Å²) in [5.74, 6) is 1.91. The molecule has 0 radical (unpaired) electrons. The Balaban J connectivity index is 1.67. The summed E-state index contributed by atoms with van der Waals surface area (Å²) in [6, 6.07) is 13.2. The summed E-state index contributed by atoms with van der Waals surface area (Å²) in [6.07, 6.45) is 2.93. The first-order chi connectivity index (χ1) is 14.0. The lowest BCUT2D eigenvalue weighted by atomic mass is 10.0. The van der Waals surface area contributed by atoms with Crippen LogP contribution in [0.1, 0.15) is 35.8 Å². The summed E-state index contributed by atoms with van der Waals surface area (Å²) in [6.45, 7) is 4.25. The highest BCUT2D eigenvalue weighted by atomic mass is 16.5. The van der Waals surface area contributed by atoms with Crippen molar-refractivity contribution in [2.75, 3.05) is 24.9 Å². The molecule has 0 spiro atoms. The minimum Gasteiger partial charge on any atom is -0.497 e. The number of carbonyl (C=O) groups is 1. The average Bonchev–Trinajstić information content (AvgIpc) is 2.74. The lowest BCUT2D eigenvalue weighted by molar-refractivity contribution is 0.102. The second-order valence-corrected chi connectivity index (χ2v) is 6.71. The van der Waals surface area contributed by atoms with E-state index in [9.17, 15) is 4.79 Å². The number of carbonyl (C=O) groups excluding carboxylic acids is 1. The standard InChI is InChI=1S/C22H24N4O3/c1-14(2)15-5-7-16(8-6-15)25-22(27)19-12-24-21(13-23-19)26-18-10-9-17(28-3)11-20(18)29-4/h5-14H,1-4H3,(H,24,26)(H,25,27). The van der Waals surface area contributed by atoms with Gasteiger partial charge in [0, 0.05) is 11.8 Å². The Hall–Kier alpha value is -3.61. The number of aromatic nitrogens is 2. The van der Waals surface area contributed by atoms with Crippen molar-refractivity contribution in [2.45, 2.75) is 19.8 Å². The van der Waals surface area contributed by atoms with Crippen LogP contribution in [0.4, 0.5) is 17.2 Å².